The third kappa shape index (κ3) is 1.83. The smallest absolute Gasteiger partial charge is 0.0931 e. The van der Waals surface area contributed by atoms with Crippen LogP contribution in [0.2, 0.25) is 0 Å². The lowest BCUT2D eigenvalue weighted by molar-refractivity contribution is -0.886. The van der Waals surface area contributed by atoms with Crippen LogP contribution in [0.25, 0.3) is 0 Å². The van der Waals surface area contributed by atoms with E-state index in [0.29, 0.717) is 0 Å². The average Bonchev–Trinajstić information content (AvgIpc) is 2.32. The molecule has 0 radical (unpaired) electrons. The maximum atomic E-state index is 9.55. The molecule has 1 aliphatic heterocycles. The molecular weight excluding hydrogens is 196 g/mol. The molecule has 1 saturated heterocycles. The Hall–Kier alpha value is -1.33. The van der Waals surface area contributed by atoms with Gasteiger partial charge in [-0.05, 0) is 18.1 Å². The van der Waals surface area contributed by atoms with E-state index in [9.17, 15) is 5.26 Å². The molecule has 84 valence electrons. The highest BCUT2D eigenvalue weighted by Crippen LogP contribution is 2.33. The highest BCUT2D eigenvalue weighted by atomic mass is 15.1. The maximum absolute atomic E-state index is 9.55. The first-order chi connectivity index (χ1) is 7.68. The molecule has 1 aromatic rings. The average molecular weight is 215 g/mol. The molecule has 0 aliphatic carbocycles. The van der Waals surface area contributed by atoms with E-state index >= 15 is 0 Å². The summed E-state index contributed by atoms with van der Waals surface area (Å²) in [7, 11) is 2.21. The lowest BCUT2D eigenvalue weighted by atomic mass is 9.72. The van der Waals surface area contributed by atoms with Crippen LogP contribution in [0.3, 0.4) is 0 Å². The Labute approximate surface area is 97.5 Å². The first-order valence-corrected chi connectivity index (χ1v) is 5.97. The fourth-order valence-electron chi connectivity index (χ4n) is 2.65. The van der Waals surface area contributed by atoms with Crippen LogP contribution in [0, 0.1) is 18.3 Å². The van der Waals surface area contributed by atoms with Crippen LogP contribution in [0.4, 0.5) is 0 Å². The van der Waals surface area contributed by atoms with Crippen molar-refractivity contribution in [2.24, 2.45) is 0 Å². The van der Waals surface area contributed by atoms with E-state index < -0.39 is 0 Å². The number of rotatable bonds is 1. The van der Waals surface area contributed by atoms with E-state index in [-0.39, 0.29) is 5.41 Å². The molecule has 16 heavy (non-hydrogen) atoms. The van der Waals surface area contributed by atoms with Crippen molar-refractivity contribution in [3.8, 4) is 6.07 Å². The molecule has 1 aromatic carbocycles. The van der Waals surface area contributed by atoms with Crippen molar-refractivity contribution < 1.29 is 4.90 Å². The highest BCUT2D eigenvalue weighted by Gasteiger charge is 2.38. The summed E-state index contributed by atoms with van der Waals surface area (Å²) >= 11 is 0. The Balaban J connectivity index is 2.37. The summed E-state index contributed by atoms with van der Waals surface area (Å²) in [5, 5.41) is 9.55. The van der Waals surface area contributed by atoms with Crippen molar-refractivity contribution in [1.82, 2.24) is 0 Å². The van der Waals surface area contributed by atoms with Gasteiger partial charge in [0.2, 0.25) is 0 Å². The minimum atomic E-state index is -0.231. The number of benzene rings is 1. The second kappa shape index (κ2) is 4.27. The fourth-order valence-corrected chi connectivity index (χ4v) is 2.65. The second-order valence-electron chi connectivity index (χ2n) is 4.97. The fraction of sp³-hybridized carbons (Fsp3) is 0.500. The van der Waals surface area contributed by atoms with Gasteiger partial charge in [-0.2, -0.15) is 5.26 Å². The molecule has 0 amide bonds. The topological polar surface area (TPSA) is 28.2 Å². The molecule has 1 heterocycles. The van der Waals surface area contributed by atoms with Gasteiger partial charge >= 0.3 is 0 Å². The van der Waals surface area contributed by atoms with Crippen LogP contribution >= 0.6 is 0 Å². The molecule has 0 unspecified atom stereocenters. The van der Waals surface area contributed by atoms with E-state index in [4.69, 9.17) is 0 Å². The van der Waals surface area contributed by atoms with Crippen molar-refractivity contribution in [2.75, 3.05) is 20.1 Å². The largest absolute Gasteiger partial charge is 0.337 e. The molecule has 2 rings (SSSR count). The standard InChI is InChI=1S/C14H18N2/c1-12-5-3-4-6-13(12)14(11-15)7-9-16(2)10-8-14/h3-6H,7-10H2,1-2H3/p+1. The number of nitriles is 1. The van der Waals surface area contributed by atoms with Gasteiger partial charge in [0.1, 0.15) is 0 Å². The number of quaternary nitrogens is 1. The first kappa shape index (κ1) is 11.2. The minimum absolute atomic E-state index is 0.231. The normalized spacial score (nSPS) is 29.7. The highest BCUT2D eigenvalue weighted by molar-refractivity contribution is 5.38. The van der Waals surface area contributed by atoms with Crippen LogP contribution in [0.15, 0.2) is 24.3 Å². The van der Waals surface area contributed by atoms with Gasteiger partial charge in [0.25, 0.3) is 0 Å². The molecule has 1 aliphatic rings. The maximum Gasteiger partial charge on any atom is 0.0931 e. The molecule has 2 heteroatoms. The molecule has 1 fully saturated rings. The van der Waals surface area contributed by atoms with Gasteiger partial charge < -0.3 is 4.90 Å². The van der Waals surface area contributed by atoms with Gasteiger partial charge in [0, 0.05) is 12.8 Å². The van der Waals surface area contributed by atoms with Gasteiger partial charge in [0.05, 0.1) is 31.6 Å². The first-order valence-electron chi connectivity index (χ1n) is 5.97. The molecule has 0 atom stereocenters. The van der Waals surface area contributed by atoms with Crippen molar-refractivity contribution in [3.05, 3.63) is 35.4 Å². The Morgan fingerprint density at radius 2 is 1.88 bits per heavy atom. The molecule has 0 bridgehead atoms. The van der Waals surface area contributed by atoms with E-state index in [0.717, 1.165) is 25.9 Å². The number of hydrogen-bond donors (Lipinski definition) is 1. The summed E-state index contributed by atoms with van der Waals surface area (Å²) in [6, 6.07) is 10.9. The zero-order valence-corrected chi connectivity index (χ0v) is 10.1. The van der Waals surface area contributed by atoms with Crippen molar-refractivity contribution in [3.63, 3.8) is 0 Å². The van der Waals surface area contributed by atoms with E-state index in [1.807, 2.05) is 12.1 Å². The van der Waals surface area contributed by atoms with Gasteiger partial charge in [-0.1, -0.05) is 24.3 Å². The summed E-state index contributed by atoms with van der Waals surface area (Å²) in [6.45, 7) is 4.31. The number of likely N-dealkylation sites (tertiary alicyclic amines) is 1. The molecule has 2 nitrogen and oxygen atoms in total. The number of hydrogen-bond acceptors (Lipinski definition) is 1. The lowest BCUT2D eigenvalue weighted by Gasteiger charge is -2.34. The van der Waals surface area contributed by atoms with Crippen LogP contribution < -0.4 is 4.90 Å². The summed E-state index contributed by atoms with van der Waals surface area (Å²) in [5.41, 5.74) is 2.26. The molecule has 0 saturated carbocycles. The Morgan fingerprint density at radius 1 is 1.25 bits per heavy atom. The third-order valence-corrected chi connectivity index (χ3v) is 3.83. The number of piperidine rings is 1. The van der Waals surface area contributed by atoms with Gasteiger partial charge in [0.15, 0.2) is 0 Å². The predicted octanol–water partition coefficient (Wildman–Crippen LogP) is 1.06. The zero-order chi connectivity index (χ0) is 11.6. The van der Waals surface area contributed by atoms with Crippen molar-refractivity contribution >= 4 is 0 Å². The number of aryl methyl sites for hydroxylation is 1. The monoisotopic (exact) mass is 215 g/mol. The SMILES string of the molecule is Cc1ccccc1C1(C#N)CC[NH+](C)CC1. The summed E-state index contributed by atoms with van der Waals surface area (Å²) in [5.74, 6) is 0. The molecule has 0 spiro atoms. The number of nitrogens with one attached hydrogen (secondary N) is 1. The van der Waals surface area contributed by atoms with Gasteiger partial charge in [-0.3, -0.25) is 0 Å². The summed E-state index contributed by atoms with van der Waals surface area (Å²) < 4.78 is 0. The summed E-state index contributed by atoms with van der Waals surface area (Å²) in [6.07, 6.45) is 1.97. The van der Waals surface area contributed by atoms with E-state index in [1.54, 1.807) is 4.90 Å². The predicted molar refractivity (Wildman–Crippen MR) is 64.3 cm³/mol. The Bertz CT molecular complexity index is 409. The van der Waals surface area contributed by atoms with E-state index in [1.165, 1.54) is 11.1 Å². The van der Waals surface area contributed by atoms with Crippen LogP contribution in [-0.4, -0.2) is 20.1 Å². The van der Waals surface area contributed by atoms with Crippen molar-refractivity contribution in [1.29, 1.82) is 5.26 Å². The molecule has 1 N–H and O–H groups in total. The molecule has 0 aromatic heterocycles. The third-order valence-electron chi connectivity index (χ3n) is 3.83. The second-order valence-corrected chi connectivity index (χ2v) is 4.97. The van der Waals surface area contributed by atoms with Gasteiger partial charge in [-0.15, -0.1) is 0 Å². The minimum Gasteiger partial charge on any atom is -0.337 e. The lowest BCUT2D eigenvalue weighted by Crippen LogP contribution is -3.10. The Morgan fingerprint density at radius 3 is 2.44 bits per heavy atom. The van der Waals surface area contributed by atoms with E-state index in [2.05, 4.69) is 32.2 Å². The Kier molecular flexibility index (Phi) is 2.98. The zero-order valence-electron chi connectivity index (χ0n) is 10.1. The van der Waals surface area contributed by atoms with Crippen molar-refractivity contribution in [2.45, 2.75) is 25.2 Å². The van der Waals surface area contributed by atoms with Crippen LogP contribution in [0.5, 0.6) is 0 Å². The molecular formula is C14H19N2+. The number of nitrogens with zero attached hydrogens (tertiary/aromatic N) is 1. The quantitative estimate of drug-likeness (QED) is 0.745. The summed E-state index contributed by atoms with van der Waals surface area (Å²) in [4.78, 5) is 1.54. The van der Waals surface area contributed by atoms with Crippen LogP contribution in [-0.2, 0) is 5.41 Å². The van der Waals surface area contributed by atoms with Crippen LogP contribution in [0.1, 0.15) is 24.0 Å². The van der Waals surface area contributed by atoms with Gasteiger partial charge in [-0.25, -0.2) is 0 Å².